The van der Waals surface area contributed by atoms with Crippen molar-refractivity contribution in [2.75, 3.05) is 22.9 Å². The molecule has 1 aromatic carbocycles. The zero-order valence-electron chi connectivity index (χ0n) is 12.1. The molecule has 0 saturated carbocycles. The van der Waals surface area contributed by atoms with Gasteiger partial charge in [0.05, 0.1) is 10.9 Å². The number of aromatic nitrogens is 3. The third kappa shape index (κ3) is 3.34. The van der Waals surface area contributed by atoms with Gasteiger partial charge in [0.2, 0.25) is 17.8 Å². The molecule has 1 aliphatic heterocycles. The van der Waals surface area contributed by atoms with Crippen LogP contribution in [-0.2, 0) is 4.79 Å². The number of halogens is 1. The van der Waals surface area contributed by atoms with Crippen molar-refractivity contribution in [2.45, 2.75) is 23.2 Å². The first-order chi connectivity index (χ1) is 11.0. The lowest BCUT2D eigenvalue weighted by atomic mass is 10.1. The molecule has 1 aliphatic rings. The van der Waals surface area contributed by atoms with E-state index in [9.17, 15) is 9.18 Å². The molecule has 0 unspecified atom stereocenters. The van der Waals surface area contributed by atoms with Gasteiger partial charge >= 0.3 is 0 Å². The molecular weight excluding hydrogens is 319 g/mol. The highest BCUT2D eigenvalue weighted by Crippen LogP contribution is 2.32. The van der Waals surface area contributed by atoms with Crippen LogP contribution in [-0.4, -0.2) is 32.7 Å². The predicted octanol–water partition coefficient (Wildman–Crippen LogP) is 1.46. The van der Waals surface area contributed by atoms with Gasteiger partial charge < -0.3 is 16.4 Å². The van der Waals surface area contributed by atoms with Crippen molar-refractivity contribution < 1.29 is 9.18 Å². The highest BCUT2D eigenvalue weighted by Gasteiger charge is 2.32. The normalized spacial score (nSPS) is 18.2. The van der Waals surface area contributed by atoms with Gasteiger partial charge in [0, 0.05) is 6.54 Å². The second kappa shape index (κ2) is 6.37. The van der Waals surface area contributed by atoms with E-state index in [1.807, 2.05) is 0 Å². The lowest BCUT2D eigenvalue weighted by Gasteiger charge is -2.31. The summed E-state index contributed by atoms with van der Waals surface area (Å²) in [5.74, 6) is -0.576. The summed E-state index contributed by atoms with van der Waals surface area (Å²) < 4.78 is 13.9. The number of nitrogens with two attached hydrogens (primary N) is 2. The summed E-state index contributed by atoms with van der Waals surface area (Å²) in [4.78, 5) is 25.8. The molecule has 0 spiro atoms. The maximum Gasteiger partial charge on any atom is 0.240 e. The number of anilines is 3. The third-order valence-corrected chi connectivity index (χ3v) is 4.55. The average molecular weight is 334 g/mol. The lowest BCUT2D eigenvalue weighted by Crippen LogP contribution is -2.43. The molecule has 2 aromatic rings. The molecule has 23 heavy (non-hydrogen) atoms. The molecule has 2 heterocycles. The topological polar surface area (TPSA) is 111 Å². The number of carbonyl (C=O) groups excluding carboxylic acids is 1. The molecule has 1 atom stereocenters. The first-order valence-corrected chi connectivity index (χ1v) is 7.92. The number of thioether (sulfide) groups is 1. The van der Waals surface area contributed by atoms with Crippen molar-refractivity contribution in [1.29, 1.82) is 0 Å². The number of nitrogen functional groups attached to an aromatic ring is 2. The zero-order chi connectivity index (χ0) is 16.4. The van der Waals surface area contributed by atoms with Crippen molar-refractivity contribution in [1.82, 2.24) is 15.0 Å². The van der Waals surface area contributed by atoms with Gasteiger partial charge in [0.15, 0.2) is 5.16 Å². The maximum absolute atomic E-state index is 13.9. The summed E-state index contributed by atoms with van der Waals surface area (Å²) in [6.45, 7) is 0.484. The minimum Gasteiger partial charge on any atom is -0.368 e. The fourth-order valence-corrected chi connectivity index (χ4v) is 3.49. The Morgan fingerprint density at radius 3 is 2.57 bits per heavy atom. The van der Waals surface area contributed by atoms with E-state index in [0.29, 0.717) is 18.1 Å². The van der Waals surface area contributed by atoms with Crippen molar-refractivity contribution in [3.8, 4) is 0 Å². The molecule has 1 amide bonds. The van der Waals surface area contributed by atoms with E-state index in [4.69, 9.17) is 11.5 Å². The van der Waals surface area contributed by atoms with Crippen molar-refractivity contribution in [3.05, 3.63) is 30.1 Å². The molecule has 1 fully saturated rings. The Kier molecular flexibility index (Phi) is 4.28. The van der Waals surface area contributed by atoms with Gasteiger partial charge in [0.25, 0.3) is 0 Å². The number of para-hydroxylation sites is 1. The number of piperidine rings is 1. The molecule has 4 N–H and O–H groups in total. The van der Waals surface area contributed by atoms with Crippen molar-refractivity contribution >= 4 is 35.3 Å². The van der Waals surface area contributed by atoms with Gasteiger partial charge in [-0.05, 0) is 25.0 Å². The highest BCUT2D eigenvalue weighted by atomic mass is 32.2. The van der Waals surface area contributed by atoms with Gasteiger partial charge in [-0.25, -0.2) is 4.39 Å². The molecule has 1 aromatic heterocycles. The second-order valence-electron chi connectivity index (χ2n) is 5.02. The second-order valence-corrected chi connectivity index (χ2v) is 6.19. The Labute approximate surface area is 136 Å². The van der Waals surface area contributed by atoms with Crippen LogP contribution in [0.3, 0.4) is 0 Å². The van der Waals surface area contributed by atoms with Crippen LogP contribution in [0.2, 0.25) is 0 Å². The number of carbonyl (C=O) groups is 1. The molecule has 120 valence electrons. The third-order valence-electron chi connectivity index (χ3n) is 3.43. The van der Waals surface area contributed by atoms with Gasteiger partial charge in [-0.3, -0.25) is 4.79 Å². The number of benzene rings is 1. The van der Waals surface area contributed by atoms with Gasteiger partial charge in [-0.1, -0.05) is 23.9 Å². The van der Waals surface area contributed by atoms with E-state index >= 15 is 0 Å². The summed E-state index contributed by atoms with van der Waals surface area (Å²) >= 11 is 1.17. The molecule has 0 bridgehead atoms. The average Bonchev–Trinajstić information content (AvgIpc) is 2.49. The van der Waals surface area contributed by atoms with Crippen molar-refractivity contribution in [3.63, 3.8) is 0 Å². The van der Waals surface area contributed by atoms with Crippen LogP contribution in [0, 0.1) is 5.82 Å². The van der Waals surface area contributed by atoms with Crippen molar-refractivity contribution in [2.24, 2.45) is 0 Å². The standard InChI is InChI=1S/C14H15FN6OS/c15-8-4-1-2-5-9(8)21-7-3-6-10(11(21)22)23-14-19-12(16)18-13(17)20-14/h1-2,4-5,10H,3,6-7H2,(H4,16,17,18,19,20)/t10-/m1/s1. The van der Waals surface area contributed by atoms with E-state index in [0.717, 1.165) is 6.42 Å². The molecule has 0 aliphatic carbocycles. The van der Waals surface area contributed by atoms with Crippen LogP contribution in [0.25, 0.3) is 0 Å². The smallest absolute Gasteiger partial charge is 0.240 e. The summed E-state index contributed by atoms with van der Waals surface area (Å²) in [5, 5.41) is -0.117. The maximum atomic E-state index is 13.9. The number of nitrogens with zero attached hydrogens (tertiary/aromatic N) is 4. The number of amides is 1. The van der Waals surface area contributed by atoms with Gasteiger partial charge in [0.1, 0.15) is 5.82 Å². The van der Waals surface area contributed by atoms with E-state index in [1.54, 1.807) is 18.2 Å². The Balaban J connectivity index is 1.81. The van der Waals surface area contributed by atoms with Crippen LogP contribution in [0.5, 0.6) is 0 Å². The van der Waals surface area contributed by atoms with Crippen LogP contribution < -0.4 is 16.4 Å². The Morgan fingerprint density at radius 2 is 1.87 bits per heavy atom. The summed E-state index contributed by atoms with van der Waals surface area (Å²) in [6.07, 6.45) is 1.41. The first-order valence-electron chi connectivity index (χ1n) is 7.04. The number of rotatable bonds is 3. The largest absolute Gasteiger partial charge is 0.368 e. The Hall–Kier alpha value is -2.42. The molecular formula is C14H15FN6OS. The van der Waals surface area contributed by atoms with Gasteiger partial charge in [-0.2, -0.15) is 15.0 Å². The fraction of sp³-hybridized carbons (Fsp3) is 0.286. The predicted molar refractivity (Wildman–Crippen MR) is 86.3 cm³/mol. The molecule has 9 heteroatoms. The first kappa shape index (κ1) is 15.5. The lowest BCUT2D eigenvalue weighted by molar-refractivity contribution is -0.119. The SMILES string of the molecule is Nc1nc(N)nc(S[C@@H]2CCCN(c3ccccc3F)C2=O)n1. The fourth-order valence-electron chi connectivity index (χ4n) is 2.43. The number of hydrogen-bond donors (Lipinski definition) is 2. The minimum absolute atomic E-state index is 0.00854. The van der Waals surface area contributed by atoms with Crippen LogP contribution in [0.1, 0.15) is 12.8 Å². The van der Waals surface area contributed by atoms with E-state index in [1.165, 1.54) is 22.7 Å². The summed E-state index contributed by atoms with van der Waals surface area (Å²) in [6, 6.07) is 6.23. The number of hydrogen-bond acceptors (Lipinski definition) is 7. The Bertz CT molecular complexity index is 723. The van der Waals surface area contributed by atoms with Crippen LogP contribution in [0.15, 0.2) is 29.4 Å². The van der Waals surface area contributed by atoms with E-state index in [-0.39, 0.29) is 23.5 Å². The monoisotopic (exact) mass is 334 g/mol. The van der Waals surface area contributed by atoms with Crippen LogP contribution in [0.4, 0.5) is 22.0 Å². The van der Waals surface area contributed by atoms with E-state index < -0.39 is 11.1 Å². The van der Waals surface area contributed by atoms with E-state index in [2.05, 4.69) is 15.0 Å². The molecule has 1 saturated heterocycles. The van der Waals surface area contributed by atoms with Crippen LogP contribution >= 0.6 is 11.8 Å². The molecule has 3 rings (SSSR count). The Morgan fingerprint density at radius 1 is 1.17 bits per heavy atom. The zero-order valence-corrected chi connectivity index (χ0v) is 13.0. The molecule has 7 nitrogen and oxygen atoms in total. The van der Waals surface area contributed by atoms with Gasteiger partial charge in [-0.15, -0.1) is 0 Å². The molecule has 0 radical (unpaired) electrons. The highest BCUT2D eigenvalue weighted by molar-refractivity contribution is 8.00. The quantitative estimate of drug-likeness (QED) is 0.874. The summed E-state index contributed by atoms with van der Waals surface area (Å²) in [5.41, 5.74) is 11.4. The summed E-state index contributed by atoms with van der Waals surface area (Å²) in [7, 11) is 0. The minimum atomic E-state index is -0.417.